The zero-order chi connectivity index (χ0) is 13.5. The predicted molar refractivity (Wildman–Crippen MR) is 62.1 cm³/mol. The van der Waals surface area contributed by atoms with Crippen molar-refractivity contribution in [3.05, 3.63) is 29.3 Å². The Morgan fingerprint density at radius 2 is 2.06 bits per heavy atom. The van der Waals surface area contributed by atoms with E-state index in [2.05, 4.69) is 14.7 Å². The van der Waals surface area contributed by atoms with Crippen LogP contribution in [-0.4, -0.2) is 25.2 Å². The lowest BCUT2D eigenvalue weighted by Crippen LogP contribution is -2.02. The summed E-state index contributed by atoms with van der Waals surface area (Å²) in [4.78, 5) is 38.9. The van der Waals surface area contributed by atoms with Gasteiger partial charge >= 0.3 is 5.97 Å². The van der Waals surface area contributed by atoms with Crippen LogP contribution in [0.5, 0.6) is 0 Å². The number of aliphatic imine (C=N–C) groups is 2. The molecule has 0 aliphatic heterocycles. The Bertz CT molecular complexity index is 555. The summed E-state index contributed by atoms with van der Waals surface area (Å²) in [5.41, 5.74) is 0.897. The van der Waals surface area contributed by atoms with Gasteiger partial charge in [0.15, 0.2) is 0 Å². The van der Waals surface area contributed by atoms with Gasteiger partial charge in [0, 0.05) is 0 Å². The SMILES string of the molecule is COC(=O)c1ccc(C(C)N=C=O)cc1N=C=O. The highest BCUT2D eigenvalue weighted by Crippen LogP contribution is 2.26. The summed E-state index contributed by atoms with van der Waals surface area (Å²) in [6, 6.07) is 4.09. The molecule has 1 rings (SSSR count). The molecule has 0 aromatic heterocycles. The van der Waals surface area contributed by atoms with Crippen LogP contribution in [0.25, 0.3) is 0 Å². The lowest BCUT2D eigenvalue weighted by molar-refractivity contribution is 0.0601. The first kappa shape index (κ1) is 13.5. The Morgan fingerprint density at radius 1 is 1.33 bits per heavy atom. The van der Waals surface area contributed by atoms with Gasteiger partial charge in [0.2, 0.25) is 12.2 Å². The van der Waals surface area contributed by atoms with E-state index in [0.29, 0.717) is 5.56 Å². The van der Waals surface area contributed by atoms with E-state index < -0.39 is 12.0 Å². The van der Waals surface area contributed by atoms with Crippen LogP contribution in [0.2, 0.25) is 0 Å². The Balaban J connectivity index is 3.30. The van der Waals surface area contributed by atoms with E-state index in [1.54, 1.807) is 13.0 Å². The minimum absolute atomic E-state index is 0.127. The van der Waals surface area contributed by atoms with Crippen LogP contribution in [0.15, 0.2) is 28.2 Å². The smallest absolute Gasteiger partial charge is 0.340 e. The third kappa shape index (κ3) is 2.98. The fourth-order valence-electron chi connectivity index (χ4n) is 1.39. The predicted octanol–water partition coefficient (Wildman–Crippen LogP) is 1.84. The van der Waals surface area contributed by atoms with Crippen molar-refractivity contribution in [2.24, 2.45) is 9.98 Å². The Hall–Kier alpha value is -2.55. The number of carbonyl (C=O) groups is 1. The molecule has 1 atom stereocenters. The first-order chi connectivity index (χ1) is 8.63. The average molecular weight is 246 g/mol. The summed E-state index contributed by atoms with van der Waals surface area (Å²) in [5, 5.41) is 0. The van der Waals surface area contributed by atoms with Crippen LogP contribution in [0.3, 0.4) is 0 Å². The molecule has 0 N–H and O–H groups in total. The second-order valence-electron chi connectivity index (χ2n) is 3.37. The quantitative estimate of drug-likeness (QED) is 0.461. The summed E-state index contributed by atoms with van der Waals surface area (Å²) in [7, 11) is 1.23. The molecule has 0 radical (unpaired) electrons. The largest absolute Gasteiger partial charge is 0.465 e. The third-order valence-corrected chi connectivity index (χ3v) is 2.32. The lowest BCUT2D eigenvalue weighted by atomic mass is 10.0. The molecule has 0 saturated heterocycles. The molecule has 0 fully saturated rings. The summed E-state index contributed by atoms with van der Waals surface area (Å²) < 4.78 is 4.56. The summed E-state index contributed by atoms with van der Waals surface area (Å²) in [5.74, 6) is -0.609. The maximum Gasteiger partial charge on any atom is 0.340 e. The van der Waals surface area contributed by atoms with Gasteiger partial charge in [-0.25, -0.2) is 14.4 Å². The first-order valence-corrected chi connectivity index (χ1v) is 5.01. The Morgan fingerprint density at radius 3 is 2.61 bits per heavy atom. The maximum atomic E-state index is 11.4. The highest BCUT2D eigenvalue weighted by Gasteiger charge is 2.14. The van der Waals surface area contributed by atoms with Gasteiger partial charge in [-0.3, -0.25) is 0 Å². The Kier molecular flexibility index (Phi) is 4.69. The van der Waals surface area contributed by atoms with Crippen LogP contribution >= 0.6 is 0 Å². The number of nitrogens with zero attached hydrogens (tertiary/aromatic N) is 2. The summed E-state index contributed by atoms with van der Waals surface area (Å²) in [6.45, 7) is 1.67. The molecule has 0 aliphatic rings. The molecule has 6 heteroatoms. The molecule has 0 spiro atoms. The van der Waals surface area contributed by atoms with E-state index in [9.17, 15) is 14.4 Å². The molecule has 0 saturated carbocycles. The Labute approximate surface area is 103 Å². The van der Waals surface area contributed by atoms with Crippen molar-refractivity contribution < 1.29 is 19.1 Å². The molecule has 1 unspecified atom stereocenters. The number of isocyanates is 2. The van der Waals surface area contributed by atoms with Crippen molar-refractivity contribution in [3.63, 3.8) is 0 Å². The standard InChI is InChI=1S/C12H10N2O4/c1-8(13-6-15)9-3-4-10(12(17)18-2)11(5-9)14-7-16/h3-5,8H,1-2H3. The second kappa shape index (κ2) is 6.25. The minimum Gasteiger partial charge on any atom is -0.465 e. The van der Waals surface area contributed by atoms with E-state index in [0.717, 1.165) is 0 Å². The van der Waals surface area contributed by atoms with E-state index >= 15 is 0 Å². The van der Waals surface area contributed by atoms with Crippen LogP contribution in [0, 0.1) is 0 Å². The molecule has 0 heterocycles. The fraction of sp³-hybridized carbons (Fsp3) is 0.250. The lowest BCUT2D eigenvalue weighted by Gasteiger charge is -2.08. The molecule has 6 nitrogen and oxygen atoms in total. The fourth-order valence-corrected chi connectivity index (χ4v) is 1.39. The van der Waals surface area contributed by atoms with E-state index in [-0.39, 0.29) is 11.3 Å². The molecule has 92 valence electrons. The van der Waals surface area contributed by atoms with Crippen molar-refractivity contribution in [2.45, 2.75) is 13.0 Å². The topological polar surface area (TPSA) is 85.2 Å². The number of benzene rings is 1. The minimum atomic E-state index is -0.609. The van der Waals surface area contributed by atoms with Gasteiger partial charge in [0.05, 0.1) is 24.4 Å². The molecule has 18 heavy (non-hydrogen) atoms. The van der Waals surface area contributed by atoms with Gasteiger partial charge in [0.25, 0.3) is 0 Å². The van der Waals surface area contributed by atoms with Gasteiger partial charge in [-0.05, 0) is 24.6 Å². The van der Waals surface area contributed by atoms with Gasteiger partial charge in [-0.15, -0.1) is 0 Å². The molecular weight excluding hydrogens is 236 g/mol. The van der Waals surface area contributed by atoms with E-state index in [1.165, 1.54) is 31.4 Å². The van der Waals surface area contributed by atoms with Crippen LogP contribution in [0.4, 0.5) is 5.69 Å². The molecule has 0 bridgehead atoms. The number of rotatable bonds is 4. The zero-order valence-corrected chi connectivity index (χ0v) is 9.84. The molecule has 1 aromatic carbocycles. The van der Waals surface area contributed by atoms with Crippen molar-refractivity contribution in [1.29, 1.82) is 0 Å². The number of ether oxygens (including phenoxy) is 1. The van der Waals surface area contributed by atoms with Crippen molar-refractivity contribution in [2.75, 3.05) is 7.11 Å². The summed E-state index contributed by atoms with van der Waals surface area (Å²) >= 11 is 0. The van der Waals surface area contributed by atoms with Crippen LogP contribution in [-0.2, 0) is 14.3 Å². The molecular formula is C12H10N2O4. The molecule has 0 aliphatic carbocycles. The zero-order valence-electron chi connectivity index (χ0n) is 9.84. The normalized spacial score (nSPS) is 10.8. The number of carbonyl (C=O) groups excluding carboxylic acids is 3. The van der Waals surface area contributed by atoms with Gasteiger partial charge in [-0.1, -0.05) is 6.07 Å². The number of hydrogen-bond donors (Lipinski definition) is 0. The molecule has 0 amide bonds. The number of methoxy groups -OCH3 is 1. The van der Waals surface area contributed by atoms with Crippen molar-refractivity contribution in [3.8, 4) is 0 Å². The third-order valence-electron chi connectivity index (χ3n) is 2.32. The number of esters is 1. The van der Waals surface area contributed by atoms with Crippen LogP contribution in [0.1, 0.15) is 28.9 Å². The first-order valence-electron chi connectivity index (χ1n) is 5.01. The van der Waals surface area contributed by atoms with Crippen molar-refractivity contribution >= 4 is 23.8 Å². The highest BCUT2D eigenvalue weighted by molar-refractivity contribution is 5.95. The van der Waals surface area contributed by atoms with E-state index in [1.807, 2.05) is 0 Å². The highest BCUT2D eigenvalue weighted by atomic mass is 16.5. The van der Waals surface area contributed by atoms with Gasteiger partial charge < -0.3 is 4.74 Å². The maximum absolute atomic E-state index is 11.4. The monoisotopic (exact) mass is 246 g/mol. The second-order valence-corrected chi connectivity index (χ2v) is 3.37. The summed E-state index contributed by atoms with van der Waals surface area (Å²) in [6.07, 6.45) is 2.80. The van der Waals surface area contributed by atoms with Crippen LogP contribution < -0.4 is 0 Å². The van der Waals surface area contributed by atoms with Crippen molar-refractivity contribution in [1.82, 2.24) is 0 Å². The average Bonchev–Trinajstić information content (AvgIpc) is 2.38. The number of hydrogen-bond acceptors (Lipinski definition) is 6. The van der Waals surface area contributed by atoms with E-state index in [4.69, 9.17) is 0 Å². The van der Waals surface area contributed by atoms with Gasteiger partial charge in [0.1, 0.15) is 0 Å². The molecule has 1 aromatic rings. The van der Waals surface area contributed by atoms with Gasteiger partial charge in [-0.2, -0.15) is 9.98 Å².